The number of rotatable bonds is 6. The molecule has 1 aromatic rings. The lowest BCUT2D eigenvalue weighted by Crippen LogP contribution is -2.33. The summed E-state index contributed by atoms with van der Waals surface area (Å²) in [6, 6.07) is 10.3. The van der Waals surface area contributed by atoms with E-state index in [1.54, 1.807) is 0 Å². The first kappa shape index (κ1) is 13.9. The van der Waals surface area contributed by atoms with Crippen molar-refractivity contribution in [2.24, 2.45) is 16.1 Å². The maximum absolute atomic E-state index is 10.2. The van der Waals surface area contributed by atoms with Crippen molar-refractivity contribution in [1.82, 2.24) is 4.90 Å². The summed E-state index contributed by atoms with van der Waals surface area (Å²) in [6.07, 6.45) is 5.40. The Bertz CT molecular complexity index is 397. The van der Waals surface area contributed by atoms with Crippen molar-refractivity contribution in [3.8, 4) is 0 Å². The summed E-state index contributed by atoms with van der Waals surface area (Å²) in [5, 5.41) is 2.94. The van der Waals surface area contributed by atoms with Crippen LogP contribution in [0.25, 0.3) is 0 Å². The highest BCUT2D eigenvalue weighted by atomic mass is 16.3. The maximum atomic E-state index is 10.2. The third-order valence-corrected chi connectivity index (χ3v) is 3.65. The Balaban J connectivity index is 1.65. The lowest BCUT2D eigenvalue weighted by molar-refractivity contribution is 0.192. The van der Waals surface area contributed by atoms with E-state index in [1.165, 1.54) is 5.56 Å². The van der Waals surface area contributed by atoms with Gasteiger partial charge in [0.05, 0.1) is 6.54 Å². The highest BCUT2D eigenvalue weighted by Gasteiger charge is 2.17. The van der Waals surface area contributed by atoms with Crippen LogP contribution in [0.1, 0.15) is 24.8 Å². The zero-order chi connectivity index (χ0) is 13.3. The molecule has 0 spiro atoms. The predicted octanol–water partition coefficient (Wildman–Crippen LogP) is 3.08. The topological polar surface area (TPSA) is 45.0 Å². The fraction of sp³-hybridized carbons (Fsp3) is 0.533. The fourth-order valence-corrected chi connectivity index (χ4v) is 2.42. The summed E-state index contributed by atoms with van der Waals surface area (Å²) < 4.78 is 0. The van der Waals surface area contributed by atoms with E-state index in [0.29, 0.717) is 12.6 Å². The van der Waals surface area contributed by atoms with Crippen molar-refractivity contribution in [2.75, 3.05) is 19.8 Å². The number of nitroso groups, excluding NO2 is 1. The van der Waals surface area contributed by atoms with Crippen molar-refractivity contribution in [1.29, 1.82) is 0 Å². The summed E-state index contributed by atoms with van der Waals surface area (Å²) in [6.45, 7) is 3.09. The number of benzene rings is 1. The molecule has 1 aliphatic heterocycles. The van der Waals surface area contributed by atoms with Crippen LogP contribution in [-0.2, 0) is 6.54 Å². The minimum atomic E-state index is 0.342. The Kier molecular flexibility index (Phi) is 5.69. The molecule has 0 amide bonds. The van der Waals surface area contributed by atoms with E-state index < -0.39 is 0 Å². The predicted molar refractivity (Wildman–Crippen MR) is 78.2 cm³/mol. The van der Waals surface area contributed by atoms with E-state index in [2.05, 4.69) is 33.4 Å². The number of piperidine rings is 1. The molecule has 1 saturated heterocycles. The summed E-state index contributed by atoms with van der Waals surface area (Å²) in [7, 11) is 0. The van der Waals surface area contributed by atoms with Gasteiger partial charge in [0.25, 0.3) is 0 Å². The Morgan fingerprint density at radius 1 is 1.21 bits per heavy atom. The molecule has 0 N–H and O–H groups in total. The molecule has 2 rings (SSSR count). The summed E-state index contributed by atoms with van der Waals surface area (Å²) in [5.41, 5.74) is 1.26. The Morgan fingerprint density at radius 3 is 2.63 bits per heavy atom. The number of nitrogens with zero attached hydrogens (tertiary/aromatic N) is 3. The number of aliphatic imine (C=N–C) groups is 1. The smallest absolute Gasteiger partial charge is 0.134 e. The van der Waals surface area contributed by atoms with Crippen LogP contribution in [0.4, 0.5) is 0 Å². The van der Waals surface area contributed by atoms with Crippen LogP contribution in [0, 0.1) is 10.8 Å². The van der Waals surface area contributed by atoms with Crippen molar-refractivity contribution in [2.45, 2.75) is 25.8 Å². The van der Waals surface area contributed by atoms with Gasteiger partial charge in [-0.05, 0) is 37.0 Å². The van der Waals surface area contributed by atoms with Gasteiger partial charge in [-0.3, -0.25) is 9.89 Å². The molecule has 0 unspecified atom stereocenters. The molecule has 1 fully saturated rings. The van der Waals surface area contributed by atoms with Gasteiger partial charge in [-0.15, -0.1) is 4.91 Å². The quantitative estimate of drug-likeness (QED) is 0.582. The normalized spacial score (nSPS) is 17.9. The minimum absolute atomic E-state index is 0.342. The van der Waals surface area contributed by atoms with E-state index in [0.717, 1.165) is 38.9 Å². The summed E-state index contributed by atoms with van der Waals surface area (Å²) in [5.74, 6) is 0.711. The van der Waals surface area contributed by atoms with Crippen LogP contribution in [0.2, 0.25) is 0 Å². The summed E-state index contributed by atoms with van der Waals surface area (Å²) in [4.78, 5) is 16.8. The molecule has 4 heteroatoms. The van der Waals surface area contributed by atoms with Crippen LogP contribution < -0.4 is 0 Å². The molecular weight excluding hydrogens is 238 g/mol. The lowest BCUT2D eigenvalue weighted by Gasteiger charge is -2.29. The highest BCUT2D eigenvalue weighted by molar-refractivity contribution is 5.57. The van der Waals surface area contributed by atoms with Crippen LogP contribution in [0.3, 0.4) is 0 Å². The van der Waals surface area contributed by atoms with Crippen LogP contribution >= 0.6 is 0 Å². The van der Waals surface area contributed by atoms with Crippen LogP contribution in [0.5, 0.6) is 0 Å². The largest absolute Gasteiger partial charge is 0.293 e. The van der Waals surface area contributed by atoms with Gasteiger partial charge in [0.1, 0.15) is 6.67 Å². The van der Waals surface area contributed by atoms with Gasteiger partial charge in [0.2, 0.25) is 0 Å². The number of hydrogen-bond donors (Lipinski definition) is 0. The molecule has 102 valence electrons. The minimum Gasteiger partial charge on any atom is -0.293 e. The van der Waals surface area contributed by atoms with E-state index in [1.807, 2.05) is 18.2 Å². The van der Waals surface area contributed by atoms with Gasteiger partial charge in [-0.1, -0.05) is 35.5 Å². The van der Waals surface area contributed by atoms with Crippen molar-refractivity contribution >= 4 is 6.21 Å². The Labute approximate surface area is 114 Å². The molecule has 1 aliphatic rings. The average Bonchev–Trinajstić information content (AvgIpc) is 2.47. The van der Waals surface area contributed by atoms with E-state index in [-0.39, 0.29) is 0 Å². The molecule has 0 saturated carbocycles. The maximum Gasteiger partial charge on any atom is 0.134 e. The highest BCUT2D eigenvalue weighted by Crippen LogP contribution is 2.19. The standard InChI is InChI=1S/C15H21N3O/c19-17-13-18-10-7-14(8-11-18)6-9-16-12-15-4-2-1-3-5-15/h1-5,9,14H,6-8,10-13H2. The second-order valence-electron chi connectivity index (χ2n) is 5.08. The van der Waals surface area contributed by atoms with Crippen LogP contribution in [-0.4, -0.2) is 30.9 Å². The zero-order valence-electron chi connectivity index (χ0n) is 11.2. The molecule has 0 aliphatic carbocycles. The first-order valence-electron chi connectivity index (χ1n) is 6.92. The zero-order valence-corrected chi connectivity index (χ0v) is 11.2. The van der Waals surface area contributed by atoms with Gasteiger partial charge in [-0.2, -0.15) is 0 Å². The molecule has 1 heterocycles. The van der Waals surface area contributed by atoms with Gasteiger partial charge in [0.15, 0.2) is 0 Å². The SMILES string of the molecule is O=NCN1CCC(CC=NCc2ccccc2)CC1. The van der Waals surface area contributed by atoms with Crippen LogP contribution in [0.15, 0.2) is 40.5 Å². The first-order chi connectivity index (χ1) is 9.38. The summed E-state index contributed by atoms with van der Waals surface area (Å²) >= 11 is 0. The molecule has 0 bridgehead atoms. The lowest BCUT2D eigenvalue weighted by atomic mass is 9.94. The second-order valence-corrected chi connectivity index (χ2v) is 5.08. The fourth-order valence-electron chi connectivity index (χ4n) is 2.42. The van der Waals surface area contributed by atoms with E-state index in [9.17, 15) is 4.91 Å². The Hall–Kier alpha value is -1.55. The molecule has 0 radical (unpaired) electrons. The van der Waals surface area contributed by atoms with Crippen molar-refractivity contribution < 1.29 is 0 Å². The molecular formula is C15H21N3O. The number of hydrogen-bond acceptors (Lipinski definition) is 4. The first-order valence-corrected chi connectivity index (χ1v) is 6.92. The third kappa shape index (κ3) is 4.91. The van der Waals surface area contributed by atoms with Crippen molar-refractivity contribution in [3.05, 3.63) is 40.8 Å². The van der Waals surface area contributed by atoms with Gasteiger partial charge >= 0.3 is 0 Å². The Morgan fingerprint density at radius 2 is 1.95 bits per heavy atom. The van der Waals surface area contributed by atoms with Crippen molar-refractivity contribution in [3.63, 3.8) is 0 Å². The molecule has 0 atom stereocenters. The second kappa shape index (κ2) is 7.79. The van der Waals surface area contributed by atoms with Gasteiger partial charge in [-0.25, -0.2) is 0 Å². The molecule has 0 aromatic heterocycles. The van der Waals surface area contributed by atoms with Gasteiger partial charge < -0.3 is 0 Å². The molecule has 4 nitrogen and oxygen atoms in total. The van der Waals surface area contributed by atoms with Gasteiger partial charge in [0, 0.05) is 13.1 Å². The molecule has 1 aromatic carbocycles. The average molecular weight is 259 g/mol. The third-order valence-electron chi connectivity index (χ3n) is 3.65. The monoisotopic (exact) mass is 259 g/mol. The van der Waals surface area contributed by atoms with E-state index >= 15 is 0 Å². The van der Waals surface area contributed by atoms with E-state index in [4.69, 9.17) is 0 Å². The number of likely N-dealkylation sites (tertiary alicyclic amines) is 1. The molecule has 19 heavy (non-hydrogen) atoms.